The molecule has 1 aromatic rings. The number of halogens is 1. The van der Waals surface area contributed by atoms with Crippen molar-refractivity contribution in [2.45, 2.75) is 31.7 Å². The summed E-state index contributed by atoms with van der Waals surface area (Å²) in [6, 6.07) is 5.78. The van der Waals surface area contributed by atoms with E-state index in [1.54, 1.807) is 6.07 Å². The predicted molar refractivity (Wildman–Crippen MR) is 69.1 cm³/mol. The number of rotatable bonds is 3. The second-order valence-electron chi connectivity index (χ2n) is 4.70. The summed E-state index contributed by atoms with van der Waals surface area (Å²) in [7, 11) is 0. The number of benzene rings is 1. The molecule has 102 valence electrons. The summed E-state index contributed by atoms with van der Waals surface area (Å²) in [5.74, 6) is -0.968. The zero-order valence-corrected chi connectivity index (χ0v) is 10.6. The van der Waals surface area contributed by atoms with Gasteiger partial charge in [-0.2, -0.15) is 0 Å². The minimum absolute atomic E-state index is 0.0163. The maximum Gasteiger partial charge on any atom is 0.254 e. The second-order valence-corrected chi connectivity index (χ2v) is 4.70. The Bertz CT molecular complexity index is 476. The van der Waals surface area contributed by atoms with Crippen molar-refractivity contribution in [3.05, 3.63) is 35.6 Å². The van der Waals surface area contributed by atoms with Gasteiger partial charge in [0.1, 0.15) is 5.82 Å². The molecule has 1 saturated heterocycles. The van der Waals surface area contributed by atoms with E-state index >= 15 is 0 Å². The van der Waals surface area contributed by atoms with E-state index in [9.17, 15) is 14.0 Å². The third kappa shape index (κ3) is 3.77. The highest BCUT2D eigenvalue weighted by Crippen LogP contribution is 2.09. The molecule has 2 N–H and O–H groups in total. The van der Waals surface area contributed by atoms with E-state index in [1.165, 1.54) is 18.2 Å². The van der Waals surface area contributed by atoms with Crippen molar-refractivity contribution in [2.75, 3.05) is 6.54 Å². The number of hydrogen-bond donors (Lipinski definition) is 2. The lowest BCUT2D eigenvalue weighted by atomic mass is 10.1. The molecule has 4 nitrogen and oxygen atoms in total. The van der Waals surface area contributed by atoms with Crippen LogP contribution in [0.4, 0.5) is 4.39 Å². The summed E-state index contributed by atoms with van der Waals surface area (Å²) >= 11 is 0. The fourth-order valence-electron chi connectivity index (χ4n) is 2.16. The topological polar surface area (TPSA) is 58.2 Å². The Morgan fingerprint density at radius 1 is 1.37 bits per heavy atom. The average Bonchev–Trinajstić information content (AvgIpc) is 2.61. The van der Waals surface area contributed by atoms with Gasteiger partial charge < -0.3 is 10.6 Å². The second kappa shape index (κ2) is 6.31. The van der Waals surface area contributed by atoms with Crippen molar-refractivity contribution in [3.8, 4) is 0 Å². The number of hydrogen-bond acceptors (Lipinski definition) is 2. The van der Waals surface area contributed by atoms with Crippen LogP contribution in [-0.4, -0.2) is 24.4 Å². The summed E-state index contributed by atoms with van der Waals surface area (Å²) < 4.78 is 13.4. The standard InChI is InChI=1S/C14H17FN2O2/c15-12-7-3-2-6-11(12)14(19)16-9-10-5-1-4-8-13(18)17-10/h2-3,6-7,10H,1,4-5,8-9H2,(H,16,19)(H,17,18). The fraction of sp³-hybridized carbons (Fsp3) is 0.429. The molecule has 1 heterocycles. The molecule has 1 atom stereocenters. The Labute approximate surface area is 111 Å². The van der Waals surface area contributed by atoms with Crippen LogP contribution >= 0.6 is 0 Å². The highest BCUT2D eigenvalue weighted by Gasteiger charge is 2.18. The smallest absolute Gasteiger partial charge is 0.254 e. The first kappa shape index (κ1) is 13.5. The molecule has 1 aromatic carbocycles. The molecule has 2 amide bonds. The Morgan fingerprint density at radius 3 is 2.95 bits per heavy atom. The lowest BCUT2D eigenvalue weighted by Crippen LogP contribution is -2.42. The van der Waals surface area contributed by atoms with Crippen molar-refractivity contribution < 1.29 is 14.0 Å². The van der Waals surface area contributed by atoms with Gasteiger partial charge >= 0.3 is 0 Å². The van der Waals surface area contributed by atoms with Crippen LogP contribution in [0.3, 0.4) is 0 Å². The first-order valence-corrected chi connectivity index (χ1v) is 6.49. The molecule has 0 aliphatic carbocycles. The van der Waals surface area contributed by atoms with Gasteiger partial charge in [-0.15, -0.1) is 0 Å². The summed E-state index contributed by atoms with van der Waals surface area (Å²) in [6.07, 6.45) is 3.21. The minimum atomic E-state index is -0.537. The number of amides is 2. The van der Waals surface area contributed by atoms with Gasteiger partial charge in [0.25, 0.3) is 5.91 Å². The van der Waals surface area contributed by atoms with Crippen LogP contribution in [0.15, 0.2) is 24.3 Å². The zero-order chi connectivity index (χ0) is 13.7. The highest BCUT2D eigenvalue weighted by molar-refractivity contribution is 5.94. The average molecular weight is 264 g/mol. The Morgan fingerprint density at radius 2 is 2.16 bits per heavy atom. The molecular weight excluding hydrogens is 247 g/mol. The molecule has 19 heavy (non-hydrogen) atoms. The van der Waals surface area contributed by atoms with Gasteiger partial charge in [0.15, 0.2) is 0 Å². The van der Waals surface area contributed by atoms with E-state index in [0.717, 1.165) is 19.3 Å². The van der Waals surface area contributed by atoms with Gasteiger partial charge in [0.05, 0.1) is 5.56 Å². The third-order valence-electron chi connectivity index (χ3n) is 3.20. The molecule has 1 fully saturated rings. The lowest BCUT2D eigenvalue weighted by molar-refractivity contribution is -0.121. The molecule has 1 aliphatic heterocycles. The summed E-state index contributed by atoms with van der Waals surface area (Å²) in [6.45, 7) is 0.332. The number of nitrogens with one attached hydrogen (secondary N) is 2. The van der Waals surface area contributed by atoms with Crippen molar-refractivity contribution in [3.63, 3.8) is 0 Å². The molecule has 0 bridgehead atoms. The Hall–Kier alpha value is -1.91. The Balaban J connectivity index is 1.89. The SMILES string of the molecule is O=C1CCCCC(CNC(=O)c2ccccc2F)N1. The van der Waals surface area contributed by atoms with Crippen LogP contribution in [0.5, 0.6) is 0 Å². The van der Waals surface area contributed by atoms with Gasteiger partial charge in [-0.05, 0) is 25.0 Å². The van der Waals surface area contributed by atoms with Crippen molar-refractivity contribution in [2.24, 2.45) is 0 Å². The van der Waals surface area contributed by atoms with E-state index < -0.39 is 11.7 Å². The van der Waals surface area contributed by atoms with Crippen molar-refractivity contribution in [1.82, 2.24) is 10.6 Å². The van der Waals surface area contributed by atoms with Crippen LogP contribution in [0, 0.1) is 5.82 Å². The van der Waals surface area contributed by atoms with E-state index in [-0.39, 0.29) is 17.5 Å². The van der Waals surface area contributed by atoms with Crippen LogP contribution in [0.1, 0.15) is 36.0 Å². The van der Waals surface area contributed by atoms with Gasteiger partial charge in [0.2, 0.25) is 5.91 Å². The largest absolute Gasteiger partial charge is 0.352 e. The third-order valence-corrected chi connectivity index (χ3v) is 3.20. The maximum absolute atomic E-state index is 13.4. The molecule has 1 unspecified atom stereocenters. The van der Waals surface area contributed by atoms with Crippen LogP contribution in [0.25, 0.3) is 0 Å². The summed E-state index contributed by atoms with van der Waals surface area (Å²) in [5.41, 5.74) is 0.0300. The summed E-state index contributed by atoms with van der Waals surface area (Å²) in [5, 5.41) is 5.52. The zero-order valence-electron chi connectivity index (χ0n) is 10.6. The van der Waals surface area contributed by atoms with Gasteiger partial charge in [-0.3, -0.25) is 9.59 Å². The Kier molecular flexibility index (Phi) is 4.49. The molecule has 0 spiro atoms. The monoisotopic (exact) mass is 264 g/mol. The summed E-state index contributed by atoms with van der Waals surface area (Å²) in [4.78, 5) is 23.2. The predicted octanol–water partition coefficient (Wildman–Crippen LogP) is 1.61. The van der Waals surface area contributed by atoms with Crippen LogP contribution in [-0.2, 0) is 4.79 Å². The van der Waals surface area contributed by atoms with E-state index in [0.29, 0.717) is 13.0 Å². The van der Waals surface area contributed by atoms with Crippen molar-refractivity contribution >= 4 is 11.8 Å². The van der Waals surface area contributed by atoms with Crippen LogP contribution in [0.2, 0.25) is 0 Å². The molecule has 2 rings (SSSR count). The van der Waals surface area contributed by atoms with E-state index in [4.69, 9.17) is 0 Å². The molecular formula is C14H17FN2O2. The van der Waals surface area contributed by atoms with Crippen LogP contribution < -0.4 is 10.6 Å². The minimum Gasteiger partial charge on any atom is -0.352 e. The highest BCUT2D eigenvalue weighted by atomic mass is 19.1. The maximum atomic E-state index is 13.4. The molecule has 0 radical (unpaired) electrons. The van der Waals surface area contributed by atoms with E-state index in [1.807, 2.05) is 0 Å². The molecule has 1 aliphatic rings. The fourth-order valence-corrected chi connectivity index (χ4v) is 2.16. The molecule has 0 aromatic heterocycles. The quantitative estimate of drug-likeness (QED) is 0.871. The lowest BCUT2D eigenvalue weighted by Gasteiger charge is -2.16. The number of carbonyl (C=O) groups is 2. The molecule has 0 saturated carbocycles. The normalized spacial score (nSPS) is 19.4. The molecule has 5 heteroatoms. The van der Waals surface area contributed by atoms with Gasteiger partial charge in [-0.25, -0.2) is 4.39 Å². The van der Waals surface area contributed by atoms with Gasteiger partial charge in [-0.1, -0.05) is 18.6 Å². The van der Waals surface area contributed by atoms with E-state index in [2.05, 4.69) is 10.6 Å². The first-order chi connectivity index (χ1) is 9.16. The van der Waals surface area contributed by atoms with Crippen molar-refractivity contribution in [1.29, 1.82) is 0 Å². The number of carbonyl (C=O) groups excluding carboxylic acids is 2. The van der Waals surface area contributed by atoms with Gasteiger partial charge in [0, 0.05) is 19.0 Å². The first-order valence-electron chi connectivity index (χ1n) is 6.49.